The van der Waals surface area contributed by atoms with Crippen molar-refractivity contribution in [2.24, 2.45) is 5.92 Å². The fraction of sp³-hybridized carbons (Fsp3) is 0.500. The van der Waals surface area contributed by atoms with E-state index in [2.05, 4.69) is 29.2 Å². The van der Waals surface area contributed by atoms with Gasteiger partial charge in [-0.05, 0) is 54.7 Å². The third-order valence-corrected chi connectivity index (χ3v) is 5.69. The van der Waals surface area contributed by atoms with Crippen molar-refractivity contribution in [3.63, 3.8) is 0 Å². The van der Waals surface area contributed by atoms with Gasteiger partial charge in [0.05, 0.1) is 19.6 Å². The van der Waals surface area contributed by atoms with E-state index >= 15 is 0 Å². The normalized spacial score (nSPS) is 20.9. The Bertz CT molecular complexity index is 793. The summed E-state index contributed by atoms with van der Waals surface area (Å²) in [5, 5.41) is 2.28. The van der Waals surface area contributed by atoms with Gasteiger partial charge in [0.25, 0.3) is 0 Å². The van der Waals surface area contributed by atoms with Crippen molar-refractivity contribution in [2.75, 3.05) is 26.9 Å². The Morgan fingerprint density at radius 1 is 1.19 bits per heavy atom. The number of hydrogen-bond donors (Lipinski definition) is 0. The van der Waals surface area contributed by atoms with Gasteiger partial charge in [-0.1, -0.05) is 24.3 Å². The van der Waals surface area contributed by atoms with Crippen LogP contribution in [0.25, 0.3) is 10.8 Å². The van der Waals surface area contributed by atoms with Crippen LogP contribution in [0, 0.1) is 5.92 Å². The van der Waals surface area contributed by atoms with Crippen molar-refractivity contribution in [3.8, 4) is 5.75 Å². The molecule has 2 fully saturated rings. The van der Waals surface area contributed by atoms with Crippen LogP contribution in [-0.2, 0) is 9.53 Å². The molecule has 2 aliphatic rings. The molecule has 4 rings (SSSR count). The molecule has 1 heterocycles. The minimum Gasteiger partial charge on any atom is -0.497 e. The van der Waals surface area contributed by atoms with Crippen LogP contribution < -0.4 is 4.74 Å². The lowest BCUT2D eigenvalue weighted by Gasteiger charge is -2.28. The molecular formula is C22H27NO3. The zero-order valence-corrected chi connectivity index (χ0v) is 15.6. The van der Waals surface area contributed by atoms with E-state index in [1.54, 1.807) is 7.11 Å². The van der Waals surface area contributed by atoms with Crippen molar-refractivity contribution in [1.82, 2.24) is 4.90 Å². The zero-order chi connectivity index (χ0) is 18.1. The molecule has 2 aromatic carbocycles. The molecule has 1 amide bonds. The van der Waals surface area contributed by atoms with Gasteiger partial charge in [0.1, 0.15) is 5.75 Å². The SMILES string of the molecule is COc1ccc2cc([C@H](C)C(=O)N(C[C@H]3CCOC3)C3CC3)ccc2c1. The number of fused-ring (bicyclic) bond motifs is 1. The van der Waals surface area contributed by atoms with E-state index in [-0.39, 0.29) is 11.8 Å². The number of methoxy groups -OCH3 is 1. The molecule has 138 valence electrons. The highest BCUT2D eigenvalue weighted by atomic mass is 16.5. The standard InChI is InChI=1S/C22H27NO3/c1-15(17-3-4-19-12-21(25-2)8-5-18(19)11-17)22(24)23(20-6-7-20)13-16-9-10-26-14-16/h3-5,8,11-12,15-16,20H,6-7,9-10,13-14H2,1-2H3/t15-,16+/m0/s1. The monoisotopic (exact) mass is 353 g/mol. The average Bonchev–Trinajstić information content (AvgIpc) is 3.39. The largest absolute Gasteiger partial charge is 0.497 e. The van der Waals surface area contributed by atoms with Gasteiger partial charge in [-0.25, -0.2) is 0 Å². The lowest BCUT2D eigenvalue weighted by Crippen LogP contribution is -2.39. The number of nitrogens with zero attached hydrogens (tertiary/aromatic N) is 1. The molecule has 0 unspecified atom stereocenters. The van der Waals surface area contributed by atoms with Crippen LogP contribution in [0.4, 0.5) is 0 Å². The van der Waals surface area contributed by atoms with E-state index in [9.17, 15) is 4.79 Å². The van der Waals surface area contributed by atoms with Gasteiger partial charge < -0.3 is 14.4 Å². The van der Waals surface area contributed by atoms with Crippen LogP contribution in [0.2, 0.25) is 0 Å². The van der Waals surface area contributed by atoms with Gasteiger partial charge in [-0.3, -0.25) is 4.79 Å². The number of carbonyl (C=O) groups excluding carboxylic acids is 1. The van der Waals surface area contributed by atoms with E-state index in [0.29, 0.717) is 12.0 Å². The Kier molecular flexibility index (Phi) is 4.86. The summed E-state index contributed by atoms with van der Waals surface area (Å²) in [7, 11) is 1.68. The van der Waals surface area contributed by atoms with Crippen molar-refractivity contribution in [3.05, 3.63) is 42.0 Å². The highest BCUT2D eigenvalue weighted by Gasteiger charge is 2.36. The average molecular weight is 353 g/mol. The first-order valence-electron chi connectivity index (χ1n) is 9.61. The van der Waals surface area contributed by atoms with Crippen molar-refractivity contribution in [2.45, 2.75) is 38.1 Å². The lowest BCUT2D eigenvalue weighted by atomic mass is 9.96. The van der Waals surface area contributed by atoms with E-state index < -0.39 is 0 Å². The topological polar surface area (TPSA) is 38.8 Å². The molecule has 1 aliphatic heterocycles. The second-order valence-electron chi connectivity index (χ2n) is 7.65. The van der Waals surface area contributed by atoms with Crippen LogP contribution in [0.5, 0.6) is 5.75 Å². The van der Waals surface area contributed by atoms with Crippen LogP contribution in [0.1, 0.15) is 37.7 Å². The molecule has 0 N–H and O–H groups in total. The molecule has 0 radical (unpaired) electrons. The Labute approximate surface area is 155 Å². The lowest BCUT2D eigenvalue weighted by molar-refractivity contribution is -0.133. The minimum absolute atomic E-state index is 0.121. The van der Waals surface area contributed by atoms with Gasteiger partial charge in [-0.2, -0.15) is 0 Å². The predicted molar refractivity (Wildman–Crippen MR) is 103 cm³/mol. The van der Waals surface area contributed by atoms with Gasteiger partial charge in [0.2, 0.25) is 5.91 Å². The van der Waals surface area contributed by atoms with Gasteiger partial charge in [0, 0.05) is 25.1 Å². The first kappa shape index (κ1) is 17.3. The first-order chi connectivity index (χ1) is 12.7. The molecule has 1 saturated carbocycles. The number of ether oxygens (including phenoxy) is 2. The smallest absolute Gasteiger partial charge is 0.230 e. The van der Waals surface area contributed by atoms with Crippen molar-refractivity contribution >= 4 is 16.7 Å². The third-order valence-electron chi connectivity index (χ3n) is 5.69. The summed E-state index contributed by atoms with van der Waals surface area (Å²) in [6.07, 6.45) is 3.36. The summed E-state index contributed by atoms with van der Waals surface area (Å²) in [4.78, 5) is 15.3. The summed E-state index contributed by atoms with van der Waals surface area (Å²) in [5.41, 5.74) is 1.08. The number of hydrogen-bond acceptors (Lipinski definition) is 3. The summed E-state index contributed by atoms with van der Waals surface area (Å²) < 4.78 is 10.8. The highest BCUT2D eigenvalue weighted by Crippen LogP contribution is 2.33. The molecule has 1 aliphatic carbocycles. The maximum Gasteiger partial charge on any atom is 0.230 e. The molecule has 26 heavy (non-hydrogen) atoms. The van der Waals surface area contributed by atoms with Crippen LogP contribution in [0.3, 0.4) is 0 Å². The fourth-order valence-electron chi connectivity index (χ4n) is 3.84. The van der Waals surface area contributed by atoms with Crippen LogP contribution >= 0.6 is 0 Å². The molecule has 0 spiro atoms. The zero-order valence-electron chi connectivity index (χ0n) is 15.6. The summed E-state index contributed by atoms with van der Waals surface area (Å²) >= 11 is 0. The van der Waals surface area contributed by atoms with Crippen LogP contribution in [0.15, 0.2) is 36.4 Å². The number of rotatable bonds is 6. The quantitative estimate of drug-likeness (QED) is 0.788. The number of amides is 1. The molecule has 1 saturated heterocycles. The summed E-state index contributed by atoms with van der Waals surface area (Å²) in [6.45, 7) is 4.51. The Morgan fingerprint density at radius 2 is 1.96 bits per heavy atom. The maximum absolute atomic E-state index is 13.2. The Morgan fingerprint density at radius 3 is 2.65 bits per heavy atom. The second-order valence-corrected chi connectivity index (χ2v) is 7.65. The van der Waals surface area contributed by atoms with Gasteiger partial charge >= 0.3 is 0 Å². The molecule has 2 atom stereocenters. The molecule has 2 aromatic rings. The fourth-order valence-corrected chi connectivity index (χ4v) is 3.84. The Balaban J connectivity index is 1.53. The summed E-state index contributed by atoms with van der Waals surface area (Å²) in [6, 6.07) is 12.8. The van der Waals surface area contributed by atoms with Crippen LogP contribution in [-0.4, -0.2) is 43.7 Å². The summed E-state index contributed by atoms with van der Waals surface area (Å²) in [5.74, 6) is 1.49. The van der Waals surface area contributed by atoms with E-state index in [1.807, 2.05) is 19.1 Å². The molecule has 0 aromatic heterocycles. The Hall–Kier alpha value is -2.07. The van der Waals surface area contributed by atoms with E-state index in [1.165, 1.54) is 0 Å². The second kappa shape index (κ2) is 7.28. The third kappa shape index (κ3) is 3.56. The van der Waals surface area contributed by atoms with Gasteiger partial charge in [0.15, 0.2) is 0 Å². The highest BCUT2D eigenvalue weighted by molar-refractivity contribution is 5.88. The first-order valence-corrected chi connectivity index (χ1v) is 9.61. The molecule has 4 nitrogen and oxygen atoms in total. The van der Waals surface area contributed by atoms with E-state index in [4.69, 9.17) is 9.47 Å². The minimum atomic E-state index is -0.121. The molecule has 0 bridgehead atoms. The molecular weight excluding hydrogens is 326 g/mol. The van der Waals surface area contributed by atoms with E-state index in [0.717, 1.165) is 61.1 Å². The number of benzene rings is 2. The van der Waals surface area contributed by atoms with Crippen molar-refractivity contribution in [1.29, 1.82) is 0 Å². The number of carbonyl (C=O) groups is 1. The van der Waals surface area contributed by atoms with Gasteiger partial charge in [-0.15, -0.1) is 0 Å². The predicted octanol–water partition coefficient (Wildman–Crippen LogP) is 3.98. The van der Waals surface area contributed by atoms with Crippen molar-refractivity contribution < 1.29 is 14.3 Å². The maximum atomic E-state index is 13.2. The molecule has 4 heteroatoms.